The van der Waals surface area contributed by atoms with Crippen molar-refractivity contribution in [2.45, 2.75) is 32.7 Å². The maximum absolute atomic E-state index is 8.81. The predicted octanol–water partition coefficient (Wildman–Crippen LogP) is 4.78. The van der Waals surface area contributed by atoms with Crippen LogP contribution in [0.5, 0.6) is 0 Å². The van der Waals surface area contributed by atoms with Crippen molar-refractivity contribution in [1.29, 1.82) is 0 Å². The van der Waals surface area contributed by atoms with Gasteiger partial charge < -0.3 is 15.1 Å². The SMILES string of the molecule is CC=O.CNC1CC1.Cc1ccncc1.Clc1ccc2[nH]ccc2c1. The first-order valence-corrected chi connectivity index (χ1v) is 8.64. The van der Waals surface area contributed by atoms with Gasteiger partial charge in [0.15, 0.2) is 0 Å². The van der Waals surface area contributed by atoms with Gasteiger partial charge >= 0.3 is 0 Å². The summed E-state index contributed by atoms with van der Waals surface area (Å²) < 4.78 is 0. The number of halogens is 1. The zero-order valence-electron chi connectivity index (χ0n) is 15.0. The van der Waals surface area contributed by atoms with Crippen molar-refractivity contribution in [3.05, 3.63) is 65.6 Å². The van der Waals surface area contributed by atoms with Crippen molar-refractivity contribution < 1.29 is 4.79 Å². The Kier molecular flexibility index (Phi) is 10.2. The van der Waals surface area contributed by atoms with E-state index in [2.05, 4.69) is 15.3 Å². The molecule has 4 nitrogen and oxygen atoms in total. The van der Waals surface area contributed by atoms with Crippen LogP contribution in [0.15, 0.2) is 55.0 Å². The Hall–Kier alpha value is -2.17. The largest absolute Gasteiger partial charge is 0.361 e. The van der Waals surface area contributed by atoms with Gasteiger partial charge in [0.25, 0.3) is 0 Å². The van der Waals surface area contributed by atoms with Gasteiger partial charge in [-0.1, -0.05) is 11.6 Å². The summed E-state index contributed by atoms with van der Waals surface area (Å²) in [6.07, 6.45) is 9.03. The van der Waals surface area contributed by atoms with E-state index in [9.17, 15) is 0 Å². The molecule has 0 aliphatic heterocycles. The van der Waals surface area contributed by atoms with Crippen LogP contribution in [0.4, 0.5) is 0 Å². The molecular weight excluding hydrogens is 334 g/mol. The number of carbonyl (C=O) groups is 1. The molecule has 4 rings (SSSR count). The van der Waals surface area contributed by atoms with Gasteiger partial charge in [-0.25, -0.2) is 0 Å². The molecule has 0 atom stereocenters. The van der Waals surface area contributed by atoms with Gasteiger partial charge in [-0.2, -0.15) is 0 Å². The van der Waals surface area contributed by atoms with Crippen LogP contribution in [0.2, 0.25) is 5.02 Å². The van der Waals surface area contributed by atoms with Crippen molar-refractivity contribution in [1.82, 2.24) is 15.3 Å². The average Bonchev–Trinajstić information content (AvgIpc) is 3.35. The minimum atomic E-state index is 0.750. The van der Waals surface area contributed by atoms with Crippen LogP contribution >= 0.6 is 11.6 Å². The number of carbonyl (C=O) groups excluding carboxylic acids is 1. The van der Waals surface area contributed by atoms with Crippen molar-refractivity contribution >= 4 is 28.8 Å². The van der Waals surface area contributed by atoms with Crippen LogP contribution in [-0.2, 0) is 4.79 Å². The lowest BCUT2D eigenvalue weighted by molar-refractivity contribution is -0.106. The molecular formula is C20H26ClN3O. The number of aldehydes is 1. The van der Waals surface area contributed by atoms with E-state index >= 15 is 0 Å². The molecule has 0 spiro atoms. The predicted molar refractivity (Wildman–Crippen MR) is 106 cm³/mol. The smallest absolute Gasteiger partial charge is 0.116 e. The molecule has 0 bridgehead atoms. The summed E-state index contributed by atoms with van der Waals surface area (Å²) >= 11 is 5.76. The number of nitrogens with one attached hydrogen (secondary N) is 2. The lowest BCUT2D eigenvalue weighted by Gasteiger charge is -1.88. The van der Waals surface area contributed by atoms with Crippen LogP contribution in [0, 0.1) is 6.92 Å². The molecule has 3 aromatic rings. The van der Waals surface area contributed by atoms with Gasteiger partial charge in [0, 0.05) is 40.6 Å². The van der Waals surface area contributed by atoms with Crippen molar-refractivity contribution in [3.63, 3.8) is 0 Å². The number of H-pyrrole nitrogens is 1. The van der Waals surface area contributed by atoms with Gasteiger partial charge in [-0.05, 0) is 75.7 Å². The topological polar surface area (TPSA) is 57.8 Å². The van der Waals surface area contributed by atoms with Gasteiger partial charge in [-0.15, -0.1) is 0 Å². The third kappa shape index (κ3) is 9.65. The highest BCUT2D eigenvalue weighted by molar-refractivity contribution is 6.31. The average molecular weight is 360 g/mol. The second-order valence-corrected chi connectivity index (χ2v) is 5.97. The summed E-state index contributed by atoms with van der Waals surface area (Å²) in [6.45, 7) is 3.49. The third-order valence-electron chi connectivity index (χ3n) is 3.35. The van der Waals surface area contributed by atoms with E-state index in [1.807, 2.05) is 56.6 Å². The summed E-state index contributed by atoms with van der Waals surface area (Å²) in [5.41, 5.74) is 2.39. The van der Waals surface area contributed by atoms with Crippen LogP contribution < -0.4 is 5.32 Å². The normalized spacial score (nSPS) is 11.8. The van der Waals surface area contributed by atoms with Gasteiger partial charge in [-0.3, -0.25) is 4.98 Å². The van der Waals surface area contributed by atoms with Crippen molar-refractivity contribution in [3.8, 4) is 0 Å². The second-order valence-electron chi connectivity index (χ2n) is 5.53. The number of fused-ring (bicyclic) bond motifs is 1. The minimum absolute atomic E-state index is 0.750. The Labute approximate surface area is 154 Å². The number of rotatable bonds is 1. The molecule has 1 saturated carbocycles. The van der Waals surface area contributed by atoms with Crippen LogP contribution in [0.25, 0.3) is 10.9 Å². The lowest BCUT2D eigenvalue weighted by atomic mass is 10.2. The van der Waals surface area contributed by atoms with Crippen LogP contribution in [0.3, 0.4) is 0 Å². The van der Waals surface area contributed by atoms with E-state index in [0.29, 0.717) is 0 Å². The molecule has 0 amide bonds. The number of aromatic nitrogens is 2. The number of nitrogens with zero attached hydrogens (tertiary/aromatic N) is 1. The highest BCUT2D eigenvalue weighted by Gasteiger charge is 2.17. The zero-order valence-corrected chi connectivity index (χ0v) is 15.8. The van der Waals surface area contributed by atoms with E-state index in [1.54, 1.807) is 12.4 Å². The Bertz CT molecular complexity index is 724. The molecule has 134 valence electrons. The molecule has 1 fully saturated rings. The molecule has 25 heavy (non-hydrogen) atoms. The number of aryl methyl sites for hydroxylation is 1. The Morgan fingerprint density at radius 2 is 1.84 bits per heavy atom. The fraction of sp³-hybridized carbons (Fsp3) is 0.300. The molecule has 2 aromatic heterocycles. The van der Waals surface area contributed by atoms with Gasteiger partial charge in [0.05, 0.1) is 0 Å². The van der Waals surface area contributed by atoms with E-state index in [0.717, 1.165) is 28.3 Å². The van der Waals surface area contributed by atoms with Crippen molar-refractivity contribution in [2.24, 2.45) is 0 Å². The maximum atomic E-state index is 8.81. The van der Waals surface area contributed by atoms with Gasteiger partial charge in [0.2, 0.25) is 0 Å². The van der Waals surface area contributed by atoms with E-state index in [4.69, 9.17) is 16.4 Å². The molecule has 0 unspecified atom stereocenters. The lowest BCUT2D eigenvalue weighted by Crippen LogP contribution is -2.06. The van der Waals surface area contributed by atoms with Crippen LogP contribution in [0.1, 0.15) is 25.3 Å². The maximum Gasteiger partial charge on any atom is 0.116 e. The zero-order chi connectivity index (χ0) is 18.5. The minimum Gasteiger partial charge on any atom is -0.361 e. The fourth-order valence-electron chi connectivity index (χ4n) is 1.82. The summed E-state index contributed by atoms with van der Waals surface area (Å²) in [7, 11) is 2.01. The summed E-state index contributed by atoms with van der Waals surface area (Å²) in [4.78, 5) is 15.7. The summed E-state index contributed by atoms with van der Waals surface area (Å²) in [5.74, 6) is 0. The molecule has 5 heteroatoms. The van der Waals surface area contributed by atoms with Crippen LogP contribution in [-0.4, -0.2) is 29.3 Å². The van der Waals surface area contributed by atoms with E-state index in [-0.39, 0.29) is 0 Å². The molecule has 1 aromatic carbocycles. The molecule has 1 aliphatic carbocycles. The highest BCUT2D eigenvalue weighted by atomic mass is 35.5. The molecule has 0 radical (unpaired) electrons. The molecule has 2 N–H and O–H groups in total. The highest BCUT2D eigenvalue weighted by Crippen LogP contribution is 2.17. The van der Waals surface area contributed by atoms with E-state index < -0.39 is 0 Å². The Balaban J connectivity index is 0.000000183. The summed E-state index contributed by atoms with van der Waals surface area (Å²) in [5, 5.41) is 5.08. The second kappa shape index (κ2) is 12.2. The number of pyridine rings is 1. The monoisotopic (exact) mass is 359 g/mol. The first-order valence-electron chi connectivity index (χ1n) is 8.27. The first kappa shape index (κ1) is 20.9. The van der Waals surface area contributed by atoms with Gasteiger partial charge in [0.1, 0.15) is 6.29 Å². The number of benzene rings is 1. The Morgan fingerprint density at radius 1 is 1.20 bits per heavy atom. The van der Waals surface area contributed by atoms with E-state index in [1.165, 1.54) is 25.3 Å². The van der Waals surface area contributed by atoms with Crippen molar-refractivity contribution in [2.75, 3.05) is 7.05 Å². The first-order chi connectivity index (χ1) is 12.1. The molecule has 2 heterocycles. The molecule has 1 aliphatic rings. The number of hydrogen-bond donors (Lipinski definition) is 2. The quantitative estimate of drug-likeness (QED) is 0.614. The number of aromatic amines is 1. The fourth-order valence-corrected chi connectivity index (χ4v) is 2.00. The summed E-state index contributed by atoms with van der Waals surface area (Å²) in [6, 6.07) is 12.6. The Morgan fingerprint density at radius 3 is 2.28 bits per heavy atom. The molecule has 0 saturated heterocycles. The third-order valence-corrected chi connectivity index (χ3v) is 3.58. The number of hydrogen-bond acceptors (Lipinski definition) is 3. The standard InChI is InChI=1S/C8H6ClN.C6H7N.C4H9N.C2H4O/c9-7-1-2-8-6(5-7)3-4-10-8;1-6-2-4-7-5-3-6;1-5-4-2-3-4;1-2-3/h1-5,10H;2-5H,1H3;4-5H,2-3H2,1H3;2H,1H3.